The van der Waals surface area contributed by atoms with Crippen molar-refractivity contribution >= 4 is 28.7 Å². The summed E-state index contributed by atoms with van der Waals surface area (Å²) in [5, 5.41) is 4.07. The number of nitrogens with zero attached hydrogens (tertiary/aromatic N) is 2. The Hall–Kier alpha value is -2.47. The SMILES string of the molecule is COc1cccc(N2CCN(C(=S)Nc3cc(C)ccc3OC)CC2)c1. The molecule has 0 unspecified atom stereocenters. The minimum Gasteiger partial charge on any atom is -0.497 e. The van der Waals surface area contributed by atoms with Crippen molar-refractivity contribution in [3.05, 3.63) is 48.0 Å². The lowest BCUT2D eigenvalue weighted by Gasteiger charge is -2.37. The van der Waals surface area contributed by atoms with Gasteiger partial charge in [-0.2, -0.15) is 0 Å². The molecule has 6 heteroatoms. The van der Waals surface area contributed by atoms with Gasteiger partial charge in [-0.25, -0.2) is 0 Å². The molecule has 2 aromatic rings. The van der Waals surface area contributed by atoms with Gasteiger partial charge >= 0.3 is 0 Å². The fourth-order valence-electron chi connectivity index (χ4n) is 3.09. The molecule has 0 radical (unpaired) electrons. The van der Waals surface area contributed by atoms with E-state index in [4.69, 9.17) is 21.7 Å². The molecule has 0 aliphatic carbocycles. The molecule has 0 atom stereocenters. The normalized spacial score (nSPS) is 14.1. The molecule has 138 valence electrons. The van der Waals surface area contributed by atoms with Gasteiger partial charge in [-0.1, -0.05) is 12.1 Å². The molecule has 1 heterocycles. The van der Waals surface area contributed by atoms with Crippen LogP contribution in [0.5, 0.6) is 11.5 Å². The number of piperazine rings is 1. The molecule has 0 saturated carbocycles. The number of rotatable bonds is 4. The van der Waals surface area contributed by atoms with Crippen LogP contribution in [-0.2, 0) is 0 Å². The molecular weight excluding hydrogens is 346 g/mol. The number of benzene rings is 2. The summed E-state index contributed by atoms with van der Waals surface area (Å²) in [6.07, 6.45) is 0. The summed E-state index contributed by atoms with van der Waals surface area (Å²) < 4.78 is 10.7. The monoisotopic (exact) mass is 371 g/mol. The predicted molar refractivity (Wildman–Crippen MR) is 111 cm³/mol. The topological polar surface area (TPSA) is 37.0 Å². The standard InChI is InChI=1S/C20H25N3O2S/c1-15-7-8-19(25-3)18(13-15)21-20(26)23-11-9-22(10-12-23)16-5-4-6-17(14-16)24-2/h4-8,13-14H,9-12H2,1-3H3,(H,21,26). The van der Waals surface area contributed by atoms with Gasteiger partial charge in [-0.15, -0.1) is 0 Å². The van der Waals surface area contributed by atoms with Gasteiger partial charge in [0.25, 0.3) is 0 Å². The summed E-state index contributed by atoms with van der Waals surface area (Å²) in [6, 6.07) is 14.2. The minimum absolute atomic E-state index is 0.735. The van der Waals surface area contributed by atoms with E-state index in [2.05, 4.69) is 40.2 Å². The third kappa shape index (κ3) is 4.19. The van der Waals surface area contributed by atoms with Crippen LogP contribution in [-0.4, -0.2) is 50.4 Å². The number of aryl methyl sites for hydroxylation is 1. The van der Waals surface area contributed by atoms with Crippen LogP contribution in [0.3, 0.4) is 0 Å². The first-order chi connectivity index (χ1) is 12.6. The Morgan fingerprint density at radius 1 is 1.00 bits per heavy atom. The first kappa shape index (κ1) is 18.3. The van der Waals surface area contributed by atoms with Gasteiger partial charge in [0.1, 0.15) is 11.5 Å². The second-order valence-corrected chi connectivity index (χ2v) is 6.70. The van der Waals surface area contributed by atoms with E-state index in [0.717, 1.165) is 48.5 Å². The number of hydrogen-bond donors (Lipinski definition) is 1. The summed E-state index contributed by atoms with van der Waals surface area (Å²) in [4.78, 5) is 4.56. The fraction of sp³-hybridized carbons (Fsp3) is 0.350. The summed E-state index contributed by atoms with van der Waals surface area (Å²) in [5.74, 6) is 1.68. The van der Waals surface area contributed by atoms with Crippen molar-refractivity contribution in [2.45, 2.75) is 6.92 Å². The van der Waals surface area contributed by atoms with E-state index in [0.29, 0.717) is 0 Å². The first-order valence-corrected chi connectivity index (χ1v) is 9.11. The van der Waals surface area contributed by atoms with Gasteiger partial charge in [0.2, 0.25) is 0 Å². The number of ether oxygens (including phenoxy) is 2. The Balaban J connectivity index is 1.61. The molecule has 3 rings (SSSR count). The molecular formula is C20H25N3O2S. The van der Waals surface area contributed by atoms with Crippen molar-refractivity contribution in [3.63, 3.8) is 0 Å². The molecule has 0 spiro atoms. The number of thiocarbonyl (C=S) groups is 1. The second kappa shape index (κ2) is 8.27. The summed E-state index contributed by atoms with van der Waals surface area (Å²) in [5.41, 5.74) is 3.26. The summed E-state index contributed by atoms with van der Waals surface area (Å²) in [6.45, 7) is 5.63. The molecule has 1 aliphatic heterocycles. The Bertz CT molecular complexity index is 773. The largest absolute Gasteiger partial charge is 0.497 e. The molecule has 26 heavy (non-hydrogen) atoms. The van der Waals surface area contributed by atoms with Crippen LogP contribution in [0.25, 0.3) is 0 Å². The Kier molecular flexibility index (Phi) is 5.83. The summed E-state index contributed by atoms with van der Waals surface area (Å²) >= 11 is 5.62. The maximum atomic E-state index is 5.62. The van der Waals surface area contributed by atoms with Crippen molar-refractivity contribution in [2.24, 2.45) is 0 Å². The molecule has 0 aromatic heterocycles. The average Bonchev–Trinajstić information content (AvgIpc) is 2.68. The van der Waals surface area contributed by atoms with Crippen LogP contribution < -0.4 is 19.7 Å². The Morgan fingerprint density at radius 3 is 2.46 bits per heavy atom. The van der Waals surface area contributed by atoms with E-state index in [1.807, 2.05) is 24.3 Å². The highest BCUT2D eigenvalue weighted by molar-refractivity contribution is 7.80. The van der Waals surface area contributed by atoms with Gasteiger partial charge < -0.3 is 24.6 Å². The third-order valence-corrected chi connectivity index (χ3v) is 4.94. The van der Waals surface area contributed by atoms with Crippen molar-refractivity contribution in [3.8, 4) is 11.5 Å². The molecule has 1 fully saturated rings. The van der Waals surface area contributed by atoms with Gasteiger partial charge in [0.15, 0.2) is 5.11 Å². The quantitative estimate of drug-likeness (QED) is 0.829. The van der Waals surface area contributed by atoms with Crippen LogP contribution in [0.2, 0.25) is 0 Å². The Morgan fingerprint density at radius 2 is 1.77 bits per heavy atom. The lowest BCUT2D eigenvalue weighted by Crippen LogP contribution is -2.50. The maximum absolute atomic E-state index is 5.62. The lowest BCUT2D eigenvalue weighted by atomic mass is 10.2. The van der Waals surface area contributed by atoms with Gasteiger partial charge in [0.05, 0.1) is 19.9 Å². The zero-order valence-corrected chi connectivity index (χ0v) is 16.3. The van der Waals surface area contributed by atoms with Gasteiger partial charge in [0, 0.05) is 37.9 Å². The average molecular weight is 372 g/mol. The summed E-state index contributed by atoms with van der Waals surface area (Å²) in [7, 11) is 3.37. The van der Waals surface area contributed by atoms with Crippen LogP contribution in [0.4, 0.5) is 11.4 Å². The van der Waals surface area contributed by atoms with E-state index in [-0.39, 0.29) is 0 Å². The highest BCUT2D eigenvalue weighted by Crippen LogP contribution is 2.26. The van der Waals surface area contributed by atoms with E-state index in [1.54, 1.807) is 14.2 Å². The zero-order valence-electron chi connectivity index (χ0n) is 15.5. The molecule has 1 saturated heterocycles. The zero-order chi connectivity index (χ0) is 18.5. The molecule has 0 amide bonds. The van der Waals surface area contributed by atoms with Crippen LogP contribution in [0.15, 0.2) is 42.5 Å². The van der Waals surface area contributed by atoms with E-state index in [9.17, 15) is 0 Å². The van der Waals surface area contributed by atoms with E-state index in [1.165, 1.54) is 11.3 Å². The van der Waals surface area contributed by atoms with Crippen LogP contribution in [0, 0.1) is 6.92 Å². The lowest BCUT2D eigenvalue weighted by molar-refractivity contribution is 0.389. The third-order valence-electron chi connectivity index (χ3n) is 4.58. The van der Waals surface area contributed by atoms with Crippen LogP contribution >= 0.6 is 12.2 Å². The number of nitrogens with one attached hydrogen (secondary N) is 1. The molecule has 1 aliphatic rings. The van der Waals surface area contributed by atoms with Crippen molar-refractivity contribution in [1.82, 2.24) is 4.90 Å². The van der Waals surface area contributed by atoms with Crippen molar-refractivity contribution in [2.75, 3.05) is 50.6 Å². The molecule has 2 aromatic carbocycles. The minimum atomic E-state index is 0.735. The number of methoxy groups -OCH3 is 2. The number of anilines is 2. The molecule has 1 N–H and O–H groups in total. The first-order valence-electron chi connectivity index (χ1n) is 8.70. The van der Waals surface area contributed by atoms with Crippen LogP contribution in [0.1, 0.15) is 5.56 Å². The van der Waals surface area contributed by atoms with Crippen molar-refractivity contribution in [1.29, 1.82) is 0 Å². The van der Waals surface area contributed by atoms with E-state index >= 15 is 0 Å². The second-order valence-electron chi connectivity index (χ2n) is 6.31. The van der Waals surface area contributed by atoms with Crippen molar-refractivity contribution < 1.29 is 9.47 Å². The smallest absolute Gasteiger partial charge is 0.173 e. The van der Waals surface area contributed by atoms with Gasteiger partial charge in [-0.3, -0.25) is 0 Å². The maximum Gasteiger partial charge on any atom is 0.173 e. The highest BCUT2D eigenvalue weighted by atomic mass is 32.1. The molecule has 5 nitrogen and oxygen atoms in total. The molecule has 0 bridgehead atoms. The Labute approximate surface area is 160 Å². The number of hydrogen-bond acceptors (Lipinski definition) is 4. The van der Waals surface area contributed by atoms with E-state index < -0.39 is 0 Å². The highest BCUT2D eigenvalue weighted by Gasteiger charge is 2.20. The van der Waals surface area contributed by atoms with Gasteiger partial charge in [-0.05, 0) is 49.0 Å². The predicted octanol–water partition coefficient (Wildman–Crippen LogP) is 3.53. The fourth-order valence-corrected chi connectivity index (χ4v) is 3.38.